The molecule has 1 aromatic heterocycles. The minimum Gasteiger partial charge on any atom is -0.450 e. The SMILES string of the molecule is CCOC(=O)NC(=O)CN(CC)S(=O)(=O)c1cccs1. The molecule has 0 bridgehead atoms. The van der Waals surface area contributed by atoms with E-state index < -0.39 is 28.6 Å². The standard InChI is InChI=1S/C11H16N2O5S2/c1-3-13(8-9(14)12-11(15)18-4-2)20(16,17)10-6-5-7-19-10/h5-7H,3-4,8H2,1-2H3,(H,12,14,15). The number of likely N-dealkylation sites (N-methyl/N-ethyl adjacent to an activating group) is 1. The van der Waals surface area contributed by atoms with E-state index in [1.54, 1.807) is 25.3 Å². The Morgan fingerprint density at radius 1 is 1.40 bits per heavy atom. The zero-order valence-corrected chi connectivity index (χ0v) is 12.8. The van der Waals surface area contributed by atoms with E-state index in [9.17, 15) is 18.0 Å². The fourth-order valence-corrected chi connectivity index (χ4v) is 3.93. The second-order valence-corrected chi connectivity index (χ2v) is 6.74. The quantitative estimate of drug-likeness (QED) is 0.845. The number of carbonyl (C=O) groups is 2. The summed E-state index contributed by atoms with van der Waals surface area (Å²) in [7, 11) is -3.71. The molecule has 1 rings (SSSR count). The monoisotopic (exact) mass is 320 g/mol. The van der Waals surface area contributed by atoms with E-state index in [-0.39, 0.29) is 17.4 Å². The van der Waals surface area contributed by atoms with Gasteiger partial charge in [0.2, 0.25) is 5.91 Å². The highest BCUT2D eigenvalue weighted by molar-refractivity contribution is 7.91. The van der Waals surface area contributed by atoms with Crippen molar-refractivity contribution in [3.8, 4) is 0 Å². The van der Waals surface area contributed by atoms with Crippen LogP contribution in [0.4, 0.5) is 4.79 Å². The Morgan fingerprint density at radius 2 is 2.10 bits per heavy atom. The fourth-order valence-electron chi connectivity index (χ4n) is 1.38. The maximum absolute atomic E-state index is 12.2. The van der Waals surface area contributed by atoms with Crippen molar-refractivity contribution in [2.75, 3.05) is 19.7 Å². The van der Waals surface area contributed by atoms with E-state index in [1.807, 2.05) is 5.32 Å². The number of imide groups is 1. The van der Waals surface area contributed by atoms with Gasteiger partial charge in [-0.2, -0.15) is 4.31 Å². The fraction of sp³-hybridized carbons (Fsp3) is 0.455. The van der Waals surface area contributed by atoms with Crippen LogP contribution >= 0.6 is 11.3 Å². The lowest BCUT2D eigenvalue weighted by atomic mass is 10.5. The van der Waals surface area contributed by atoms with Gasteiger partial charge in [-0.25, -0.2) is 13.2 Å². The van der Waals surface area contributed by atoms with Crippen molar-refractivity contribution >= 4 is 33.4 Å². The molecule has 0 fully saturated rings. The van der Waals surface area contributed by atoms with Crippen molar-refractivity contribution < 1.29 is 22.7 Å². The lowest BCUT2D eigenvalue weighted by Gasteiger charge is -2.18. The molecule has 7 nitrogen and oxygen atoms in total. The summed E-state index contributed by atoms with van der Waals surface area (Å²) in [5.41, 5.74) is 0. The Hall–Kier alpha value is -1.45. The van der Waals surface area contributed by atoms with E-state index in [1.165, 1.54) is 6.07 Å². The molecule has 0 spiro atoms. The maximum Gasteiger partial charge on any atom is 0.413 e. The first-order chi connectivity index (χ1) is 9.41. The molecule has 20 heavy (non-hydrogen) atoms. The minimum atomic E-state index is -3.71. The van der Waals surface area contributed by atoms with Crippen molar-refractivity contribution in [3.05, 3.63) is 17.5 Å². The number of thiophene rings is 1. The zero-order chi connectivity index (χ0) is 15.2. The number of rotatable bonds is 6. The van der Waals surface area contributed by atoms with Crippen LogP contribution in [0.3, 0.4) is 0 Å². The first-order valence-electron chi connectivity index (χ1n) is 5.92. The van der Waals surface area contributed by atoms with Crippen molar-refractivity contribution in [2.45, 2.75) is 18.1 Å². The summed E-state index contributed by atoms with van der Waals surface area (Å²) in [4.78, 5) is 22.7. The number of hydrogen-bond donors (Lipinski definition) is 1. The van der Waals surface area contributed by atoms with Crippen LogP contribution in [0.2, 0.25) is 0 Å². The van der Waals surface area contributed by atoms with Crippen molar-refractivity contribution in [3.63, 3.8) is 0 Å². The van der Waals surface area contributed by atoms with Crippen LogP contribution in [0.15, 0.2) is 21.7 Å². The van der Waals surface area contributed by atoms with Gasteiger partial charge in [0.15, 0.2) is 0 Å². The molecule has 9 heteroatoms. The van der Waals surface area contributed by atoms with E-state index >= 15 is 0 Å². The molecule has 112 valence electrons. The minimum absolute atomic E-state index is 0.122. The van der Waals surface area contributed by atoms with Crippen molar-refractivity contribution in [1.82, 2.24) is 9.62 Å². The van der Waals surface area contributed by atoms with Gasteiger partial charge in [0.05, 0.1) is 13.2 Å². The average molecular weight is 320 g/mol. The number of ether oxygens (including phenoxy) is 1. The summed E-state index contributed by atoms with van der Waals surface area (Å²) >= 11 is 1.07. The third-order valence-electron chi connectivity index (χ3n) is 2.28. The number of nitrogens with one attached hydrogen (secondary N) is 1. The highest BCUT2D eigenvalue weighted by atomic mass is 32.2. The molecular formula is C11H16N2O5S2. The molecule has 0 saturated heterocycles. The van der Waals surface area contributed by atoms with Gasteiger partial charge in [-0.15, -0.1) is 11.3 Å². The van der Waals surface area contributed by atoms with Gasteiger partial charge in [0.25, 0.3) is 10.0 Å². The number of sulfonamides is 1. The number of amides is 2. The van der Waals surface area contributed by atoms with Crippen LogP contribution in [-0.2, 0) is 19.6 Å². The first kappa shape index (κ1) is 16.6. The third kappa shape index (κ3) is 4.29. The van der Waals surface area contributed by atoms with Crippen LogP contribution in [-0.4, -0.2) is 44.4 Å². The predicted molar refractivity (Wildman–Crippen MR) is 73.9 cm³/mol. The Kier molecular flexibility index (Phi) is 6.11. The summed E-state index contributed by atoms with van der Waals surface area (Å²) < 4.78 is 30.1. The largest absolute Gasteiger partial charge is 0.450 e. The summed E-state index contributed by atoms with van der Waals surface area (Å²) in [5, 5.41) is 3.60. The predicted octanol–water partition coefficient (Wildman–Crippen LogP) is 1.03. The van der Waals surface area contributed by atoms with Gasteiger partial charge in [0, 0.05) is 6.54 Å². The lowest BCUT2D eigenvalue weighted by molar-refractivity contribution is -0.120. The number of alkyl carbamates (subject to hydrolysis) is 1. The van der Waals surface area contributed by atoms with E-state index in [0.29, 0.717) is 0 Å². The Labute approximate surface area is 121 Å². The van der Waals surface area contributed by atoms with Crippen molar-refractivity contribution in [2.24, 2.45) is 0 Å². The number of carbonyl (C=O) groups excluding carboxylic acids is 2. The van der Waals surface area contributed by atoms with Crippen LogP contribution in [0, 0.1) is 0 Å². The second kappa shape index (κ2) is 7.36. The third-order valence-corrected chi connectivity index (χ3v) is 5.57. The Bertz CT molecular complexity index is 553. The molecule has 0 radical (unpaired) electrons. The molecule has 0 atom stereocenters. The van der Waals surface area contributed by atoms with Gasteiger partial charge in [-0.05, 0) is 18.4 Å². The van der Waals surface area contributed by atoms with Crippen LogP contribution in [0.25, 0.3) is 0 Å². The van der Waals surface area contributed by atoms with Crippen LogP contribution < -0.4 is 5.32 Å². The van der Waals surface area contributed by atoms with Gasteiger partial charge in [-0.3, -0.25) is 10.1 Å². The molecule has 1 heterocycles. The average Bonchev–Trinajstić information content (AvgIpc) is 2.90. The molecule has 0 saturated carbocycles. The molecule has 1 aromatic rings. The molecule has 1 N–H and O–H groups in total. The van der Waals surface area contributed by atoms with E-state index in [4.69, 9.17) is 0 Å². The van der Waals surface area contributed by atoms with E-state index in [2.05, 4.69) is 4.74 Å². The van der Waals surface area contributed by atoms with E-state index in [0.717, 1.165) is 15.6 Å². The normalized spacial score (nSPS) is 11.3. The molecule has 0 aromatic carbocycles. The molecule has 0 aliphatic carbocycles. The zero-order valence-electron chi connectivity index (χ0n) is 11.2. The number of nitrogens with zero attached hydrogens (tertiary/aromatic N) is 1. The smallest absolute Gasteiger partial charge is 0.413 e. The van der Waals surface area contributed by atoms with Crippen molar-refractivity contribution in [1.29, 1.82) is 0 Å². The highest BCUT2D eigenvalue weighted by Crippen LogP contribution is 2.20. The summed E-state index contributed by atoms with van der Waals surface area (Å²) in [6.45, 7) is 3.03. The molecular weight excluding hydrogens is 304 g/mol. The topological polar surface area (TPSA) is 92.8 Å². The molecule has 0 aliphatic heterocycles. The summed E-state index contributed by atoms with van der Waals surface area (Å²) in [6, 6.07) is 3.08. The van der Waals surface area contributed by atoms with Crippen LogP contribution in [0.1, 0.15) is 13.8 Å². The molecule has 0 aliphatic rings. The van der Waals surface area contributed by atoms with Gasteiger partial charge in [-0.1, -0.05) is 13.0 Å². The Morgan fingerprint density at radius 3 is 2.60 bits per heavy atom. The Balaban J connectivity index is 2.73. The first-order valence-corrected chi connectivity index (χ1v) is 8.24. The van der Waals surface area contributed by atoms with Gasteiger partial charge < -0.3 is 4.74 Å². The molecule has 0 unspecified atom stereocenters. The second-order valence-electron chi connectivity index (χ2n) is 3.63. The number of hydrogen-bond acceptors (Lipinski definition) is 6. The molecule has 2 amide bonds. The van der Waals surface area contributed by atoms with Gasteiger partial charge in [0.1, 0.15) is 4.21 Å². The van der Waals surface area contributed by atoms with Gasteiger partial charge >= 0.3 is 6.09 Å². The highest BCUT2D eigenvalue weighted by Gasteiger charge is 2.26. The summed E-state index contributed by atoms with van der Waals surface area (Å²) in [5.74, 6) is -0.731. The van der Waals surface area contributed by atoms with Crippen LogP contribution in [0.5, 0.6) is 0 Å². The summed E-state index contributed by atoms with van der Waals surface area (Å²) in [6.07, 6.45) is -0.887. The lowest BCUT2D eigenvalue weighted by Crippen LogP contribution is -2.42. The maximum atomic E-state index is 12.2.